The number of halogens is 7. The Morgan fingerprint density at radius 1 is 0.475 bits per heavy atom. The van der Waals surface area contributed by atoms with Crippen LogP contribution in [0.15, 0.2) is 197 Å². The number of amides is 5. The summed E-state index contributed by atoms with van der Waals surface area (Å²) < 4.78 is 49.4. The van der Waals surface area contributed by atoms with Gasteiger partial charge in [0.15, 0.2) is 0 Å². The van der Waals surface area contributed by atoms with E-state index in [1.807, 2.05) is 109 Å². The van der Waals surface area contributed by atoms with E-state index in [4.69, 9.17) is 89.5 Å². The monoisotopic (exact) mass is 2020 g/mol. The van der Waals surface area contributed by atoms with Gasteiger partial charge in [0.2, 0.25) is 0 Å². The van der Waals surface area contributed by atoms with Crippen molar-refractivity contribution < 1.29 is 86.5 Å². The minimum absolute atomic E-state index is 0. The molecule has 0 radical (unpaired) electrons. The zero-order valence-corrected chi connectivity index (χ0v) is 78.6. The van der Waals surface area contributed by atoms with Crippen LogP contribution in [0.25, 0.3) is 0 Å². The number of urea groups is 2. The summed E-state index contributed by atoms with van der Waals surface area (Å²) in [6, 6.07) is 55.5. The maximum Gasteiger partial charge on any atom is 0.337 e. The summed E-state index contributed by atoms with van der Waals surface area (Å²) >= 11 is 34.7. The van der Waals surface area contributed by atoms with Crippen LogP contribution in [0.5, 0.6) is 17.2 Å². The molecule has 4 N–H and O–H groups in total. The summed E-state index contributed by atoms with van der Waals surface area (Å²) in [5.41, 5.74) is 12.5. The molecule has 0 unspecified atom stereocenters. The number of esters is 4. The van der Waals surface area contributed by atoms with Crippen LogP contribution < -0.4 is 25.0 Å². The summed E-state index contributed by atoms with van der Waals surface area (Å²) in [5.74, 6) is -0.291. The summed E-state index contributed by atoms with van der Waals surface area (Å²) in [6.07, 6.45) is 1.56. The Morgan fingerprint density at radius 3 is 1.27 bits per heavy atom. The molecular weight excluding hydrogens is 1930 g/mol. The summed E-state index contributed by atoms with van der Waals surface area (Å²) in [7, 11) is 5.44. The minimum atomic E-state index is -0.627. The highest BCUT2D eigenvalue weighted by molar-refractivity contribution is 9.11. The fourth-order valence-corrected chi connectivity index (χ4v) is 16.0. The lowest BCUT2D eigenvalue weighted by Gasteiger charge is -2.36. The molecule has 5 amide bonds. The Kier molecular flexibility index (Phi) is 43.4. The summed E-state index contributed by atoms with van der Waals surface area (Å²) in [5, 5.41) is 25.3. The van der Waals surface area contributed by atoms with Gasteiger partial charge in [-0.15, -0.1) is 0 Å². The molecule has 14 rings (SSSR count). The fraction of sp³-hybridized carbons (Fsp3) is 0.299. The number of aryl methyl sites for hydroxylation is 1. The van der Waals surface area contributed by atoms with E-state index in [-0.39, 0.29) is 133 Å². The SMILES string of the molecule is COC(=O)c1ccc(CBr)c(Br)c1.COC(=O)c1ccc(CC[C@H](CO)c2cccc(Cl)c2)c(Br)c1.COC(=O)c1ccc2c(c1)OC[C@H](c1cccc(Cl)c1)N(C(=O)N1CCOCC1)C2.COC(=O)c1ccc2c(c1)OC[C@H](c1cccc(Cl)c1)NC2.O=C(NO)c1ccc2c(c1)OC[C@H](c1cccc(Cl)c1)N(C(=O)N1CCOCC1)C2.S.S.S.S. The highest BCUT2D eigenvalue weighted by Gasteiger charge is 2.36. The van der Waals surface area contributed by atoms with E-state index in [0.717, 1.165) is 77.2 Å². The molecular formula is C87H95Br3Cl4N6O18S4. The Hall–Kier alpha value is -7.93. The number of carbonyl (C=O) groups excluding carboxylic acids is 7. The Morgan fingerprint density at radius 2 is 0.852 bits per heavy atom. The molecule has 654 valence electrons. The number of aliphatic hydroxyl groups excluding tert-OH is 1. The van der Waals surface area contributed by atoms with Crippen molar-refractivity contribution in [2.24, 2.45) is 0 Å². The number of aliphatic hydroxyl groups is 1. The molecule has 5 heterocycles. The van der Waals surface area contributed by atoms with Crippen LogP contribution in [0, 0.1) is 0 Å². The van der Waals surface area contributed by atoms with E-state index >= 15 is 0 Å². The molecule has 0 aromatic heterocycles. The maximum absolute atomic E-state index is 13.4. The highest BCUT2D eigenvalue weighted by atomic mass is 79.9. The van der Waals surface area contributed by atoms with Crippen LogP contribution in [0.2, 0.25) is 20.1 Å². The molecule has 24 nitrogen and oxygen atoms in total. The molecule has 0 aliphatic carbocycles. The predicted molar refractivity (Wildman–Crippen MR) is 499 cm³/mol. The van der Waals surface area contributed by atoms with Crippen molar-refractivity contribution in [1.82, 2.24) is 30.4 Å². The molecule has 0 saturated carbocycles. The fourth-order valence-electron chi connectivity index (χ4n) is 13.3. The number of ether oxygens (including phenoxy) is 9. The van der Waals surface area contributed by atoms with Gasteiger partial charge in [0.25, 0.3) is 5.91 Å². The van der Waals surface area contributed by atoms with Gasteiger partial charge in [-0.3, -0.25) is 10.0 Å². The lowest BCUT2D eigenvalue weighted by atomic mass is 9.93. The second-order valence-electron chi connectivity index (χ2n) is 27.2. The van der Waals surface area contributed by atoms with E-state index < -0.39 is 11.9 Å². The molecule has 5 aliphatic rings. The standard InChI is InChI=1S/C22H23ClN2O5.C21H22ClN3O5.C18H18BrClO3.C17H16ClNO3.C9H8Br2O2.4H2S/c1-28-21(26)16-5-6-17-13-25(22(27)24-7-9-29-10-8-24)19(14-30-20(17)12-16)15-3-2-4-18(23)11-15;22-17-3-1-2-14(10-17)18-13-30-19-11-15(20(26)23-28)4-5-16(19)12-25(18)21(27)24-6-8-29-9-7-24;1-23-18(22)14-7-5-12(17(19)10-14)6-8-15(11-21)13-3-2-4-16(20)9-13;1-21-17(20)12-5-6-13-9-19-15(10-22-16(13)8-12)11-3-2-4-14(18)7-11;1-13-9(12)6-2-3-7(5-10)8(11)4-6;;;;/h2-6,11-12,19H,7-10,13-14H2,1H3;1-5,10-11,18,28H,6-9,12-13H2,(H,23,26);2-5,7,9-10,15,21H,6,8,11H2,1H3;2-8,15,19H,9-10H2,1H3;2-4H,5H2,1H3;4*1H2/t19-;18-;2*15-;;;;;/m1111...../s1. The summed E-state index contributed by atoms with van der Waals surface area (Å²) in [6.45, 7) is 6.52. The average Bonchev–Trinajstić information content (AvgIpc) is 1.61. The van der Waals surface area contributed by atoms with Gasteiger partial charge in [0.1, 0.15) is 37.1 Å². The highest BCUT2D eigenvalue weighted by Crippen LogP contribution is 2.38. The van der Waals surface area contributed by atoms with Gasteiger partial charge in [-0.2, -0.15) is 54.0 Å². The van der Waals surface area contributed by atoms with Crippen LogP contribution in [0.4, 0.5) is 9.59 Å². The number of carbonyl (C=O) groups is 7. The zero-order valence-electron chi connectivity index (χ0n) is 66.8. The second kappa shape index (κ2) is 51.5. The molecule has 122 heavy (non-hydrogen) atoms. The number of nitrogens with zero attached hydrogens (tertiary/aromatic N) is 4. The largest absolute Gasteiger partial charge is 0.491 e. The Labute approximate surface area is 781 Å². The number of hydrogen-bond donors (Lipinski definition) is 4. The van der Waals surface area contributed by atoms with Gasteiger partial charge in [-0.05, 0) is 155 Å². The van der Waals surface area contributed by atoms with Crippen LogP contribution in [0.3, 0.4) is 0 Å². The number of methoxy groups -OCH3 is 4. The first kappa shape index (κ1) is 103. The number of alkyl halides is 1. The van der Waals surface area contributed by atoms with Crippen molar-refractivity contribution in [3.63, 3.8) is 0 Å². The van der Waals surface area contributed by atoms with Gasteiger partial charge in [0, 0.05) is 102 Å². The van der Waals surface area contributed by atoms with Crippen LogP contribution >= 0.6 is 148 Å². The number of fused-ring (bicyclic) bond motifs is 3. The van der Waals surface area contributed by atoms with E-state index in [2.05, 4.69) is 57.8 Å². The van der Waals surface area contributed by atoms with Crippen LogP contribution in [-0.2, 0) is 59.8 Å². The third-order valence-electron chi connectivity index (χ3n) is 19.7. The molecule has 0 spiro atoms. The van der Waals surface area contributed by atoms with E-state index in [9.17, 15) is 38.7 Å². The minimum Gasteiger partial charge on any atom is -0.491 e. The molecule has 0 bridgehead atoms. The second-order valence-corrected chi connectivity index (χ2v) is 31.2. The first-order valence-corrected chi connectivity index (χ1v) is 41.6. The first-order chi connectivity index (χ1) is 57.0. The number of nitrogens with one attached hydrogen (secondary N) is 2. The third-order valence-corrected chi connectivity index (χ3v) is 22.8. The van der Waals surface area contributed by atoms with E-state index in [0.29, 0.717) is 138 Å². The van der Waals surface area contributed by atoms with Crippen molar-refractivity contribution in [1.29, 1.82) is 0 Å². The van der Waals surface area contributed by atoms with Gasteiger partial charge >= 0.3 is 35.9 Å². The Balaban J connectivity index is 0.000000239. The smallest absolute Gasteiger partial charge is 0.337 e. The third kappa shape index (κ3) is 28.5. The van der Waals surface area contributed by atoms with E-state index in [1.54, 1.807) is 104 Å². The molecule has 2 fully saturated rings. The van der Waals surface area contributed by atoms with Gasteiger partial charge in [-0.1, -0.05) is 173 Å². The molecule has 2 saturated heterocycles. The van der Waals surface area contributed by atoms with Crippen molar-refractivity contribution >= 4 is 190 Å². The topological polar surface area (TPSA) is 280 Å². The number of hydrogen-bond acceptors (Lipinski definition) is 19. The Bertz CT molecular complexity index is 4880. The molecule has 9 aromatic carbocycles. The first-order valence-electron chi connectivity index (χ1n) is 37.3. The lowest BCUT2D eigenvalue weighted by molar-refractivity contribution is 0.0362. The van der Waals surface area contributed by atoms with Crippen molar-refractivity contribution in [3.8, 4) is 17.2 Å². The predicted octanol–water partition coefficient (Wildman–Crippen LogP) is 17.9. The summed E-state index contributed by atoms with van der Waals surface area (Å²) in [4.78, 5) is 91.9. The zero-order chi connectivity index (χ0) is 84.4. The lowest BCUT2D eigenvalue weighted by Crippen LogP contribution is -2.49. The van der Waals surface area contributed by atoms with Gasteiger partial charge in [-0.25, -0.2) is 34.2 Å². The van der Waals surface area contributed by atoms with Crippen LogP contribution in [0.1, 0.15) is 132 Å². The normalized spacial score (nSPS) is 15.6. The molecule has 9 aromatic rings. The number of benzene rings is 9. The average molecular weight is 2020 g/mol. The molecule has 5 aliphatic heterocycles. The van der Waals surface area contributed by atoms with Crippen molar-refractivity contribution in [3.05, 3.63) is 295 Å². The number of hydroxylamine groups is 1. The van der Waals surface area contributed by atoms with Gasteiger partial charge in [0.05, 0.1) is 108 Å². The quantitative estimate of drug-likeness (QED) is 0.0259. The molecule has 4 atom stereocenters. The number of rotatable bonds is 14. The van der Waals surface area contributed by atoms with Crippen molar-refractivity contribution in [2.45, 2.75) is 61.8 Å². The molecule has 35 heteroatoms. The maximum atomic E-state index is 13.4. The van der Waals surface area contributed by atoms with Crippen LogP contribution in [-0.4, -0.2) is 179 Å². The van der Waals surface area contributed by atoms with E-state index in [1.165, 1.54) is 28.4 Å². The van der Waals surface area contributed by atoms with Gasteiger partial charge < -0.3 is 72.7 Å². The number of morpholine rings is 2. The van der Waals surface area contributed by atoms with Crippen molar-refractivity contribution in [2.75, 3.05) is 107 Å².